The lowest BCUT2D eigenvalue weighted by molar-refractivity contribution is -0.132. The fourth-order valence-corrected chi connectivity index (χ4v) is 4.25. The zero-order chi connectivity index (χ0) is 18.8. The number of oxazole rings is 1. The van der Waals surface area contributed by atoms with Crippen LogP contribution in [0.2, 0.25) is 0 Å². The number of likely N-dealkylation sites (tertiary alicyclic amines) is 1. The maximum Gasteiger partial charge on any atom is 0.228 e. The lowest BCUT2D eigenvalue weighted by atomic mass is 9.84. The first kappa shape index (κ1) is 18.2. The molecule has 2 unspecified atom stereocenters. The van der Waals surface area contributed by atoms with Gasteiger partial charge in [-0.15, -0.1) is 0 Å². The third-order valence-corrected chi connectivity index (χ3v) is 5.94. The van der Waals surface area contributed by atoms with E-state index in [0.29, 0.717) is 30.2 Å². The Morgan fingerprint density at radius 2 is 2.00 bits per heavy atom. The molecular weight excluding hydrogens is 340 g/mol. The number of nitrogens with one attached hydrogen (secondary N) is 2. The number of aryl methyl sites for hydroxylation is 1. The number of hydrogen-bond acceptors (Lipinski definition) is 5. The summed E-state index contributed by atoms with van der Waals surface area (Å²) >= 11 is 0. The van der Waals surface area contributed by atoms with Crippen LogP contribution in [0.4, 0.5) is 0 Å². The third kappa shape index (κ3) is 3.92. The minimum atomic E-state index is 0.148. The molecule has 0 saturated carbocycles. The Kier molecular flexibility index (Phi) is 5.27. The number of piperidine rings is 1. The average Bonchev–Trinajstić information content (AvgIpc) is 3.28. The summed E-state index contributed by atoms with van der Waals surface area (Å²) in [4.78, 5) is 19.3. The van der Waals surface area contributed by atoms with E-state index in [9.17, 15) is 4.79 Å². The number of carbonyl (C=O) groups is 1. The van der Waals surface area contributed by atoms with Gasteiger partial charge in [0.15, 0.2) is 0 Å². The van der Waals surface area contributed by atoms with Gasteiger partial charge in [0.1, 0.15) is 5.76 Å². The van der Waals surface area contributed by atoms with Crippen molar-refractivity contribution in [3.63, 3.8) is 0 Å². The zero-order valence-electron chi connectivity index (χ0n) is 16.1. The van der Waals surface area contributed by atoms with Crippen molar-refractivity contribution >= 4 is 5.91 Å². The van der Waals surface area contributed by atoms with Gasteiger partial charge in [-0.3, -0.25) is 15.6 Å². The summed E-state index contributed by atoms with van der Waals surface area (Å²) in [5.41, 5.74) is 8.35. The molecule has 0 bridgehead atoms. The van der Waals surface area contributed by atoms with Crippen LogP contribution in [0.3, 0.4) is 0 Å². The Hall–Kier alpha value is -2.18. The Balaban J connectivity index is 1.35. The normalized spacial score (nSPS) is 23.7. The second-order valence-corrected chi connectivity index (χ2v) is 7.81. The van der Waals surface area contributed by atoms with Gasteiger partial charge in [-0.25, -0.2) is 4.98 Å². The first-order valence-corrected chi connectivity index (χ1v) is 9.89. The van der Waals surface area contributed by atoms with E-state index in [1.54, 1.807) is 0 Å². The fraction of sp³-hybridized carbons (Fsp3) is 0.524. The maximum atomic E-state index is 12.8. The highest BCUT2D eigenvalue weighted by atomic mass is 16.4. The molecule has 2 aliphatic heterocycles. The average molecular weight is 368 g/mol. The van der Waals surface area contributed by atoms with Gasteiger partial charge in [-0.2, -0.15) is 0 Å². The minimum absolute atomic E-state index is 0.148. The summed E-state index contributed by atoms with van der Waals surface area (Å²) in [7, 11) is 0. The Labute approximate surface area is 160 Å². The highest BCUT2D eigenvalue weighted by Crippen LogP contribution is 2.27. The van der Waals surface area contributed by atoms with E-state index in [-0.39, 0.29) is 5.91 Å². The van der Waals surface area contributed by atoms with E-state index in [1.807, 2.05) is 42.2 Å². The largest absolute Gasteiger partial charge is 0.441 e. The predicted octanol–water partition coefficient (Wildman–Crippen LogP) is 2.54. The third-order valence-electron chi connectivity index (χ3n) is 5.94. The summed E-state index contributed by atoms with van der Waals surface area (Å²) in [6.07, 6.45) is 2.43. The first-order valence-electron chi connectivity index (χ1n) is 9.89. The van der Waals surface area contributed by atoms with E-state index in [2.05, 4.69) is 22.8 Å². The molecule has 2 aromatic rings. The number of amides is 1. The van der Waals surface area contributed by atoms with Crippen LogP contribution >= 0.6 is 0 Å². The standard InChI is InChI=1S/C21H28N4O2/c1-14-13-22-24-20(14)16-8-10-25(11-9-16)19(26)12-18-15(2)27-21(23-18)17-6-4-3-5-7-17/h3-7,14,16,20,22,24H,8-13H2,1-2H3. The van der Waals surface area contributed by atoms with E-state index in [1.165, 1.54) is 0 Å². The summed E-state index contributed by atoms with van der Waals surface area (Å²) in [5, 5.41) is 0. The number of carbonyl (C=O) groups excluding carboxylic acids is 1. The number of benzene rings is 1. The highest BCUT2D eigenvalue weighted by molar-refractivity contribution is 5.78. The molecule has 27 heavy (non-hydrogen) atoms. The second kappa shape index (κ2) is 7.82. The molecule has 2 fully saturated rings. The number of nitrogens with zero attached hydrogens (tertiary/aromatic N) is 2. The molecule has 0 spiro atoms. The molecule has 2 atom stereocenters. The van der Waals surface area contributed by atoms with Crippen molar-refractivity contribution in [2.75, 3.05) is 19.6 Å². The van der Waals surface area contributed by atoms with Crippen molar-refractivity contribution in [3.05, 3.63) is 41.8 Å². The molecule has 6 heteroatoms. The Morgan fingerprint density at radius 3 is 2.67 bits per heavy atom. The summed E-state index contributed by atoms with van der Waals surface area (Å²) in [6, 6.07) is 10.3. The molecule has 6 nitrogen and oxygen atoms in total. The van der Waals surface area contributed by atoms with Crippen LogP contribution < -0.4 is 10.9 Å². The number of hydrogen-bond donors (Lipinski definition) is 2. The van der Waals surface area contributed by atoms with Crippen molar-refractivity contribution in [1.29, 1.82) is 0 Å². The van der Waals surface area contributed by atoms with Crippen molar-refractivity contribution in [1.82, 2.24) is 20.7 Å². The van der Waals surface area contributed by atoms with Crippen LogP contribution in [-0.4, -0.2) is 41.5 Å². The molecule has 2 N–H and O–H groups in total. The molecule has 1 aromatic heterocycles. The van der Waals surface area contributed by atoms with Crippen LogP contribution in [0.25, 0.3) is 11.5 Å². The molecule has 144 valence electrons. The van der Waals surface area contributed by atoms with Gasteiger partial charge >= 0.3 is 0 Å². The van der Waals surface area contributed by atoms with Crippen LogP contribution in [0.5, 0.6) is 0 Å². The molecule has 1 aromatic carbocycles. The molecule has 1 amide bonds. The Bertz CT molecular complexity index is 781. The molecule has 0 aliphatic carbocycles. The van der Waals surface area contributed by atoms with Crippen molar-refractivity contribution in [2.45, 2.75) is 39.2 Å². The Morgan fingerprint density at radius 1 is 1.26 bits per heavy atom. The first-order chi connectivity index (χ1) is 13.1. The number of rotatable bonds is 4. The number of hydrazine groups is 1. The molecule has 0 radical (unpaired) electrons. The molecule has 3 heterocycles. The smallest absolute Gasteiger partial charge is 0.228 e. The van der Waals surface area contributed by atoms with Crippen LogP contribution in [0, 0.1) is 18.8 Å². The zero-order valence-corrected chi connectivity index (χ0v) is 16.1. The minimum Gasteiger partial charge on any atom is -0.441 e. The van der Waals surface area contributed by atoms with Gasteiger partial charge < -0.3 is 9.32 Å². The fourth-order valence-electron chi connectivity index (χ4n) is 4.25. The van der Waals surface area contributed by atoms with E-state index in [0.717, 1.165) is 49.5 Å². The van der Waals surface area contributed by atoms with E-state index < -0.39 is 0 Å². The van der Waals surface area contributed by atoms with E-state index >= 15 is 0 Å². The predicted molar refractivity (Wildman–Crippen MR) is 104 cm³/mol. The number of aromatic nitrogens is 1. The van der Waals surface area contributed by atoms with Gasteiger partial charge in [0.05, 0.1) is 12.1 Å². The summed E-state index contributed by atoms with van der Waals surface area (Å²) < 4.78 is 5.79. The SMILES string of the molecule is Cc1oc(-c2ccccc2)nc1CC(=O)N1CCC(C2NNCC2C)CC1. The highest BCUT2D eigenvalue weighted by Gasteiger charge is 2.34. The molecule has 2 saturated heterocycles. The molecule has 2 aliphatic rings. The van der Waals surface area contributed by atoms with Gasteiger partial charge in [0.2, 0.25) is 11.8 Å². The summed E-state index contributed by atoms with van der Waals surface area (Å²) in [5.74, 6) is 2.74. The lowest BCUT2D eigenvalue weighted by Gasteiger charge is -2.35. The monoisotopic (exact) mass is 368 g/mol. The molecule has 4 rings (SSSR count). The van der Waals surface area contributed by atoms with E-state index in [4.69, 9.17) is 4.42 Å². The van der Waals surface area contributed by atoms with Gasteiger partial charge in [0, 0.05) is 31.2 Å². The summed E-state index contributed by atoms with van der Waals surface area (Å²) in [6.45, 7) is 6.86. The van der Waals surface area contributed by atoms with Gasteiger partial charge in [0.25, 0.3) is 0 Å². The van der Waals surface area contributed by atoms with Crippen LogP contribution in [0.15, 0.2) is 34.7 Å². The molecular formula is C21H28N4O2. The van der Waals surface area contributed by atoms with Gasteiger partial charge in [-0.1, -0.05) is 25.1 Å². The quantitative estimate of drug-likeness (QED) is 0.868. The van der Waals surface area contributed by atoms with Gasteiger partial charge in [-0.05, 0) is 43.7 Å². The van der Waals surface area contributed by atoms with Crippen molar-refractivity contribution in [3.8, 4) is 11.5 Å². The van der Waals surface area contributed by atoms with Crippen molar-refractivity contribution < 1.29 is 9.21 Å². The lowest BCUT2D eigenvalue weighted by Crippen LogP contribution is -2.46. The van der Waals surface area contributed by atoms with Crippen molar-refractivity contribution in [2.24, 2.45) is 11.8 Å². The van der Waals surface area contributed by atoms with Crippen LogP contribution in [-0.2, 0) is 11.2 Å². The maximum absolute atomic E-state index is 12.8. The topological polar surface area (TPSA) is 70.4 Å². The second-order valence-electron chi connectivity index (χ2n) is 7.81. The van der Waals surface area contributed by atoms with Crippen LogP contribution in [0.1, 0.15) is 31.2 Å².